The zero-order chi connectivity index (χ0) is 12.9. The number of hydrogen-bond donors (Lipinski definition) is 0. The normalized spacial score (nSPS) is 13.2. The van der Waals surface area contributed by atoms with Gasteiger partial charge in [0.1, 0.15) is 0 Å². The number of ketones is 3. The van der Waals surface area contributed by atoms with Gasteiger partial charge < -0.3 is 0 Å². The van der Waals surface area contributed by atoms with E-state index in [-0.39, 0.29) is 17.3 Å². The average Bonchev–Trinajstić information content (AvgIpc) is 2.81. The number of hydrogen-bond acceptors (Lipinski definition) is 4. The quantitative estimate of drug-likeness (QED) is 0.629. The van der Waals surface area contributed by atoms with Crippen LogP contribution in [-0.2, 0) is 0 Å². The van der Waals surface area contributed by atoms with E-state index in [1.807, 2.05) is 0 Å². The summed E-state index contributed by atoms with van der Waals surface area (Å²) < 4.78 is 0. The van der Waals surface area contributed by atoms with Crippen LogP contribution in [0.4, 0.5) is 0 Å². The first kappa shape index (κ1) is 11.0. The Hall–Kier alpha value is -2.07. The molecule has 0 radical (unpaired) electrons. The number of rotatable bonds is 1. The first-order chi connectivity index (χ1) is 8.59. The summed E-state index contributed by atoms with van der Waals surface area (Å²) in [5, 5.41) is 0. The smallest absolute Gasteiger partial charge is 0.204 e. The minimum Gasteiger partial charge on any atom is -0.294 e. The summed E-state index contributed by atoms with van der Waals surface area (Å²) in [5.41, 5.74) is 1.20. The highest BCUT2D eigenvalue weighted by Crippen LogP contribution is 2.33. The molecule has 1 heterocycles. The third kappa shape index (κ3) is 1.39. The highest BCUT2D eigenvalue weighted by atomic mass is 32.1. The summed E-state index contributed by atoms with van der Waals surface area (Å²) in [6, 6.07) is 8.27. The van der Waals surface area contributed by atoms with E-state index in [9.17, 15) is 14.4 Å². The van der Waals surface area contributed by atoms with Crippen LogP contribution in [0.2, 0.25) is 0 Å². The molecule has 0 unspecified atom stereocenters. The standard InChI is InChI=1S/C14H8O3S/c1-7(15)11-6-10-12(16)8-4-2-3-5-9(8)13(17)14(10)18-11/h2-6H,1H3. The molecule has 0 aliphatic heterocycles. The van der Waals surface area contributed by atoms with Gasteiger partial charge in [0.15, 0.2) is 11.6 Å². The Bertz CT molecular complexity index is 657. The molecule has 18 heavy (non-hydrogen) atoms. The molecule has 3 rings (SSSR count). The van der Waals surface area contributed by atoms with Crippen LogP contribution in [0.3, 0.4) is 0 Å². The maximum atomic E-state index is 12.2. The summed E-state index contributed by atoms with van der Waals surface area (Å²) in [4.78, 5) is 36.6. The van der Waals surface area contributed by atoms with Crippen LogP contribution in [-0.4, -0.2) is 17.3 Å². The van der Waals surface area contributed by atoms with Crippen molar-refractivity contribution in [1.29, 1.82) is 0 Å². The molecule has 88 valence electrons. The minimum absolute atomic E-state index is 0.126. The highest BCUT2D eigenvalue weighted by Gasteiger charge is 2.32. The van der Waals surface area contributed by atoms with Crippen LogP contribution >= 0.6 is 11.3 Å². The van der Waals surface area contributed by atoms with Gasteiger partial charge in [0.05, 0.1) is 9.75 Å². The molecule has 0 bridgehead atoms. The minimum atomic E-state index is -0.177. The highest BCUT2D eigenvalue weighted by molar-refractivity contribution is 7.16. The molecule has 0 saturated heterocycles. The van der Waals surface area contributed by atoms with Crippen LogP contribution in [0.5, 0.6) is 0 Å². The van der Waals surface area contributed by atoms with Crippen molar-refractivity contribution in [2.45, 2.75) is 6.92 Å². The number of benzene rings is 1. The fourth-order valence-electron chi connectivity index (χ4n) is 2.05. The lowest BCUT2D eigenvalue weighted by Gasteiger charge is -2.12. The lowest BCUT2D eigenvalue weighted by atomic mass is 9.89. The average molecular weight is 256 g/mol. The van der Waals surface area contributed by atoms with Crippen molar-refractivity contribution in [2.24, 2.45) is 0 Å². The van der Waals surface area contributed by atoms with Gasteiger partial charge in [0.25, 0.3) is 0 Å². The second kappa shape index (κ2) is 3.71. The van der Waals surface area contributed by atoms with Crippen molar-refractivity contribution >= 4 is 28.7 Å². The number of carbonyl (C=O) groups is 3. The van der Waals surface area contributed by atoms with Gasteiger partial charge in [-0.1, -0.05) is 24.3 Å². The Morgan fingerprint density at radius 3 is 2.22 bits per heavy atom. The van der Waals surface area contributed by atoms with Crippen molar-refractivity contribution in [3.63, 3.8) is 0 Å². The molecule has 1 aromatic carbocycles. The molecule has 0 fully saturated rings. The number of fused-ring (bicyclic) bond motifs is 2. The largest absolute Gasteiger partial charge is 0.294 e. The Balaban J connectivity index is 2.27. The lowest BCUT2D eigenvalue weighted by Crippen LogP contribution is -2.18. The molecule has 1 aliphatic carbocycles. The third-order valence-corrected chi connectivity index (χ3v) is 4.18. The third-order valence-electron chi connectivity index (χ3n) is 2.95. The second-order valence-electron chi connectivity index (χ2n) is 4.11. The zero-order valence-electron chi connectivity index (χ0n) is 9.52. The van der Waals surface area contributed by atoms with E-state index in [0.717, 1.165) is 11.3 Å². The maximum Gasteiger partial charge on any atom is 0.204 e. The van der Waals surface area contributed by atoms with Crippen molar-refractivity contribution in [3.8, 4) is 0 Å². The van der Waals surface area contributed by atoms with E-state index >= 15 is 0 Å². The summed E-state index contributed by atoms with van der Waals surface area (Å²) in [5.74, 6) is -0.472. The van der Waals surface area contributed by atoms with Gasteiger partial charge in [-0.05, 0) is 13.0 Å². The zero-order valence-corrected chi connectivity index (χ0v) is 10.3. The Labute approximate surface area is 107 Å². The van der Waals surface area contributed by atoms with Crippen LogP contribution in [0.15, 0.2) is 30.3 Å². The predicted octanol–water partition coefficient (Wildman–Crippen LogP) is 2.73. The molecule has 0 N–H and O–H groups in total. The van der Waals surface area contributed by atoms with E-state index < -0.39 is 0 Å². The Morgan fingerprint density at radius 1 is 1.00 bits per heavy atom. The van der Waals surface area contributed by atoms with E-state index in [1.165, 1.54) is 13.0 Å². The van der Waals surface area contributed by atoms with Gasteiger partial charge in [-0.3, -0.25) is 14.4 Å². The molecule has 0 amide bonds. The van der Waals surface area contributed by atoms with E-state index in [0.29, 0.717) is 26.4 Å². The molecule has 0 atom stereocenters. The van der Waals surface area contributed by atoms with E-state index in [4.69, 9.17) is 0 Å². The molecular formula is C14H8O3S. The van der Waals surface area contributed by atoms with E-state index in [2.05, 4.69) is 0 Å². The van der Waals surface area contributed by atoms with Crippen molar-refractivity contribution < 1.29 is 14.4 Å². The van der Waals surface area contributed by atoms with Crippen LogP contribution in [0, 0.1) is 0 Å². The SMILES string of the molecule is CC(=O)c1cc2c(s1)C(=O)c1ccccc1C2=O. The van der Waals surface area contributed by atoms with Crippen LogP contribution < -0.4 is 0 Å². The maximum absolute atomic E-state index is 12.2. The molecule has 1 aromatic heterocycles. The number of carbonyl (C=O) groups excluding carboxylic acids is 3. The second-order valence-corrected chi connectivity index (χ2v) is 5.17. The first-order valence-corrected chi connectivity index (χ1v) is 6.24. The van der Waals surface area contributed by atoms with Gasteiger partial charge in [-0.15, -0.1) is 11.3 Å². The fourth-order valence-corrected chi connectivity index (χ4v) is 3.05. The van der Waals surface area contributed by atoms with Crippen LogP contribution in [0.1, 0.15) is 47.8 Å². The topological polar surface area (TPSA) is 51.2 Å². The van der Waals surface area contributed by atoms with Crippen molar-refractivity contribution in [1.82, 2.24) is 0 Å². The van der Waals surface area contributed by atoms with Crippen molar-refractivity contribution in [2.75, 3.05) is 0 Å². The molecule has 4 heteroatoms. The van der Waals surface area contributed by atoms with Crippen molar-refractivity contribution in [3.05, 3.63) is 56.8 Å². The monoisotopic (exact) mass is 256 g/mol. The molecule has 0 spiro atoms. The summed E-state index contributed by atoms with van der Waals surface area (Å²) in [7, 11) is 0. The molecule has 2 aromatic rings. The van der Waals surface area contributed by atoms with Gasteiger partial charge >= 0.3 is 0 Å². The lowest BCUT2D eigenvalue weighted by molar-refractivity contribution is 0.0982. The van der Waals surface area contributed by atoms with Gasteiger partial charge in [0.2, 0.25) is 5.78 Å². The van der Waals surface area contributed by atoms with Gasteiger partial charge in [-0.25, -0.2) is 0 Å². The molecule has 1 aliphatic rings. The molecular weight excluding hydrogens is 248 g/mol. The number of Topliss-reactive ketones (excluding diaryl/α,β-unsaturated/α-hetero) is 1. The summed E-state index contributed by atoms with van der Waals surface area (Å²) in [6.45, 7) is 1.43. The predicted molar refractivity (Wildman–Crippen MR) is 67.6 cm³/mol. The first-order valence-electron chi connectivity index (χ1n) is 5.43. The number of thiophene rings is 1. The molecule has 3 nitrogen and oxygen atoms in total. The fraction of sp³-hybridized carbons (Fsp3) is 0.0714. The molecule has 0 saturated carbocycles. The van der Waals surface area contributed by atoms with Crippen LogP contribution in [0.25, 0.3) is 0 Å². The summed E-state index contributed by atoms with van der Waals surface area (Å²) in [6.07, 6.45) is 0. The summed E-state index contributed by atoms with van der Waals surface area (Å²) >= 11 is 1.10. The van der Waals surface area contributed by atoms with E-state index in [1.54, 1.807) is 24.3 Å². The Morgan fingerprint density at radius 2 is 1.61 bits per heavy atom. The van der Waals surface area contributed by atoms with Gasteiger partial charge in [0, 0.05) is 16.7 Å². The Kier molecular flexibility index (Phi) is 2.28. The van der Waals surface area contributed by atoms with Gasteiger partial charge in [-0.2, -0.15) is 0 Å².